The van der Waals surface area contributed by atoms with Gasteiger partial charge in [-0.3, -0.25) is 9.59 Å². The number of ketones is 2. The molecule has 1 aliphatic carbocycles. The topological polar surface area (TPSA) is 52.6 Å². The zero-order valence-electron chi connectivity index (χ0n) is 14.1. The lowest BCUT2D eigenvalue weighted by molar-refractivity contribution is -0.129. The van der Waals surface area contributed by atoms with Gasteiger partial charge in [0, 0.05) is 11.1 Å². The van der Waals surface area contributed by atoms with E-state index < -0.39 is 11.5 Å². The molecular weight excluding hydrogens is 304 g/mol. The van der Waals surface area contributed by atoms with Gasteiger partial charge in [0.05, 0.1) is 30.7 Å². The molecule has 0 amide bonds. The van der Waals surface area contributed by atoms with Crippen LogP contribution >= 0.6 is 0 Å². The number of carbonyl (C=O) groups excluding carboxylic acids is 2. The maximum Gasteiger partial charge on any atom is 0.154 e. The summed E-state index contributed by atoms with van der Waals surface area (Å²) < 4.78 is 11.4. The van der Waals surface area contributed by atoms with Crippen molar-refractivity contribution in [2.45, 2.75) is 44.3 Å². The largest absolute Gasteiger partial charge is 0.496 e. The van der Waals surface area contributed by atoms with Crippen molar-refractivity contribution >= 4 is 11.6 Å². The van der Waals surface area contributed by atoms with E-state index >= 15 is 0 Å². The molecule has 3 fully saturated rings. The van der Waals surface area contributed by atoms with Gasteiger partial charge in [-0.15, -0.1) is 5.92 Å². The Kier molecular flexibility index (Phi) is 3.33. The molecule has 124 valence electrons. The van der Waals surface area contributed by atoms with Crippen LogP contribution in [0.4, 0.5) is 0 Å². The summed E-state index contributed by atoms with van der Waals surface area (Å²) in [5.74, 6) is 5.02. The molecule has 1 aromatic rings. The highest BCUT2D eigenvalue weighted by molar-refractivity contribution is 6.17. The standard InChI is InChI=1S/C20H20O4/c1-4-5-11-6-7-12(14(10-11)23-3)15-18(21)16-13-8-9-20(2,24-13)17(16)19(15)22/h6-7,10,13,15-17H,8-9H2,1-3H3/t13?,15?,16-,17+,20?/m0/s1. The number of fused-ring (bicyclic) bond motifs is 5. The highest BCUT2D eigenvalue weighted by atomic mass is 16.5. The Morgan fingerprint density at radius 1 is 1.29 bits per heavy atom. The minimum Gasteiger partial charge on any atom is -0.496 e. The second kappa shape index (κ2) is 5.19. The van der Waals surface area contributed by atoms with Gasteiger partial charge in [0.15, 0.2) is 11.6 Å². The number of hydrogen-bond acceptors (Lipinski definition) is 4. The summed E-state index contributed by atoms with van der Waals surface area (Å²) in [5.41, 5.74) is 0.996. The van der Waals surface area contributed by atoms with Gasteiger partial charge in [0.1, 0.15) is 11.7 Å². The smallest absolute Gasteiger partial charge is 0.154 e. The van der Waals surface area contributed by atoms with Crippen LogP contribution in [0, 0.1) is 23.7 Å². The third kappa shape index (κ3) is 1.91. The zero-order chi connectivity index (χ0) is 17.1. The van der Waals surface area contributed by atoms with Crippen molar-refractivity contribution in [2.75, 3.05) is 7.11 Å². The van der Waals surface area contributed by atoms with Crippen LogP contribution in [-0.4, -0.2) is 30.4 Å². The van der Waals surface area contributed by atoms with Crippen molar-refractivity contribution in [1.29, 1.82) is 0 Å². The molecule has 24 heavy (non-hydrogen) atoms. The van der Waals surface area contributed by atoms with Gasteiger partial charge in [-0.05, 0) is 38.8 Å². The van der Waals surface area contributed by atoms with E-state index in [1.54, 1.807) is 20.1 Å². The van der Waals surface area contributed by atoms with Gasteiger partial charge in [0.2, 0.25) is 0 Å². The summed E-state index contributed by atoms with van der Waals surface area (Å²) >= 11 is 0. The fourth-order valence-electron chi connectivity index (χ4n) is 4.78. The van der Waals surface area contributed by atoms with Gasteiger partial charge in [-0.25, -0.2) is 0 Å². The molecule has 1 saturated carbocycles. The molecule has 2 heterocycles. The third-order valence-corrected chi connectivity index (χ3v) is 5.78. The van der Waals surface area contributed by atoms with Crippen molar-refractivity contribution in [3.8, 4) is 17.6 Å². The van der Waals surface area contributed by atoms with Crippen molar-refractivity contribution in [2.24, 2.45) is 11.8 Å². The predicted molar refractivity (Wildman–Crippen MR) is 87.8 cm³/mol. The Bertz CT molecular complexity index is 800. The minimum atomic E-state index is -0.734. The van der Waals surface area contributed by atoms with Gasteiger partial charge in [0.25, 0.3) is 0 Å². The highest BCUT2D eigenvalue weighted by Crippen LogP contribution is 2.58. The second-order valence-electron chi connectivity index (χ2n) is 7.08. The molecular formula is C20H20O4. The number of benzene rings is 1. The molecule has 3 aliphatic rings. The van der Waals surface area contributed by atoms with Crippen LogP contribution in [0.3, 0.4) is 0 Å². The average molecular weight is 324 g/mol. The number of methoxy groups -OCH3 is 1. The van der Waals surface area contributed by atoms with Crippen LogP contribution in [-0.2, 0) is 14.3 Å². The van der Waals surface area contributed by atoms with Crippen molar-refractivity contribution < 1.29 is 19.1 Å². The molecule has 5 atom stereocenters. The van der Waals surface area contributed by atoms with Crippen molar-refractivity contribution in [3.05, 3.63) is 29.3 Å². The first-order chi connectivity index (χ1) is 11.5. The molecule has 2 bridgehead atoms. The summed E-state index contributed by atoms with van der Waals surface area (Å²) in [7, 11) is 1.56. The Morgan fingerprint density at radius 2 is 2.08 bits per heavy atom. The quantitative estimate of drug-likeness (QED) is 0.619. The third-order valence-electron chi connectivity index (χ3n) is 5.78. The number of carbonyl (C=O) groups is 2. The molecule has 4 rings (SSSR count). The minimum absolute atomic E-state index is 0.00829. The van der Waals surface area contributed by atoms with Crippen LogP contribution in [0.15, 0.2) is 18.2 Å². The maximum atomic E-state index is 13.1. The van der Waals surface area contributed by atoms with E-state index in [0.717, 1.165) is 18.4 Å². The molecule has 0 radical (unpaired) electrons. The van der Waals surface area contributed by atoms with E-state index in [2.05, 4.69) is 11.8 Å². The summed E-state index contributed by atoms with van der Waals surface area (Å²) in [5, 5.41) is 0. The lowest BCUT2D eigenvalue weighted by Crippen LogP contribution is -2.37. The van der Waals surface area contributed by atoms with Crippen LogP contribution in [0.25, 0.3) is 0 Å². The van der Waals surface area contributed by atoms with E-state index in [1.165, 1.54) is 0 Å². The summed E-state index contributed by atoms with van der Waals surface area (Å²) in [6.07, 6.45) is 1.62. The SMILES string of the molecule is CC#Cc1ccc(C2C(=O)[C@H]3C4CCC(C)(O4)[C@H]3C2=O)c(OC)c1. The van der Waals surface area contributed by atoms with Crippen molar-refractivity contribution in [3.63, 3.8) is 0 Å². The Balaban J connectivity index is 1.77. The van der Waals surface area contributed by atoms with Gasteiger partial charge in [-0.1, -0.05) is 12.0 Å². The highest BCUT2D eigenvalue weighted by Gasteiger charge is 2.68. The molecule has 2 aliphatic heterocycles. The normalized spacial score (nSPS) is 36.5. The van der Waals surface area contributed by atoms with Crippen LogP contribution in [0.5, 0.6) is 5.75 Å². The first-order valence-electron chi connectivity index (χ1n) is 8.36. The predicted octanol–water partition coefficient (Wildman–Crippen LogP) is 2.49. The Hall–Kier alpha value is -2.12. The molecule has 2 saturated heterocycles. The molecule has 1 aromatic carbocycles. The molecule has 4 heteroatoms. The maximum absolute atomic E-state index is 13.1. The Morgan fingerprint density at radius 3 is 2.75 bits per heavy atom. The molecule has 4 nitrogen and oxygen atoms in total. The molecule has 3 unspecified atom stereocenters. The number of hydrogen-bond donors (Lipinski definition) is 0. The number of rotatable bonds is 2. The first kappa shape index (κ1) is 15.4. The monoisotopic (exact) mass is 324 g/mol. The Labute approximate surface area is 141 Å². The van der Waals surface area contributed by atoms with Crippen LogP contribution in [0.2, 0.25) is 0 Å². The molecule has 0 spiro atoms. The summed E-state index contributed by atoms with van der Waals surface area (Å²) in [6, 6.07) is 5.45. The van der Waals surface area contributed by atoms with Gasteiger partial charge < -0.3 is 9.47 Å². The van der Waals surface area contributed by atoms with Crippen LogP contribution < -0.4 is 4.74 Å². The van der Waals surface area contributed by atoms with E-state index in [1.807, 2.05) is 19.1 Å². The molecule has 0 N–H and O–H groups in total. The second-order valence-corrected chi connectivity index (χ2v) is 7.08. The molecule has 0 aromatic heterocycles. The number of ether oxygens (including phenoxy) is 2. The zero-order valence-corrected chi connectivity index (χ0v) is 14.1. The van der Waals surface area contributed by atoms with E-state index in [-0.39, 0.29) is 29.5 Å². The summed E-state index contributed by atoms with van der Waals surface area (Å²) in [6.45, 7) is 3.74. The lowest BCUT2D eigenvalue weighted by Gasteiger charge is -2.27. The van der Waals surface area contributed by atoms with Gasteiger partial charge >= 0.3 is 0 Å². The average Bonchev–Trinajstić information content (AvgIpc) is 3.17. The van der Waals surface area contributed by atoms with Gasteiger partial charge in [-0.2, -0.15) is 0 Å². The van der Waals surface area contributed by atoms with Crippen LogP contribution in [0.1, 0.15) is 43.7 Å². The summed E-state index contributed by atoms with van der Waals surface area (Å²) in [4.78, 5) is 26.1. The van der Waals surface area contributed by atoms with E-state index in [9.17, 15) is 9.59 Å². The fraction of sp³-hybridized carbons (Fsp3) is 0.500. The fourth-order valence-corrected chi connectivity index (χ4v) is 4.78. The number of Topliss-reactive ketones (excluding diaryl/α,β-unsaturated/α-hetero) is 2. The van der Waals surface area contributed by atoms with E-state index in [0.29, 0.717) is 11.3 Å². The first-order valence-corrected chi connectivity index (χ1v) is 8.36. The van der Waals surface area contributed by atoms with E-state index in [4.69, 9.17) is 9.47 Å². The van der Waals surface area contributed by atoms with Crippen molar-refractivity contribution in [1.82, 2.24) is 0 Å². The lowest BCUT2D eigenvalue weighted by atomic mass is 9.74.